The van der Waals surface area contributed by atoms with Crippen LogP contribution in [0.25, 0.3) is 0 Å². The van der Waals surface area contributed by atoms with Gasteiger partial charge in [-0.2, -0.15) is 0 Å². The molecule has 0 bridgehead atoms. The first-order valence-electron chi connectivity index (χ1n) is 4.21. The second-order valence-electron chi connectivity index (χ2n) is 2.88. The van der Waals surface area contributed by atoms with Crippen LogP contribution < -0.4 is 0 Å². The van der Waals surface area contributed by atoms with E-state index >= 15 is 0 Å². The molecule has 0 unspecified atom stereocenters. The van der Waals surface area contributed by atoms with Crippen molar-refractivity contribution in [1.82, 2.24) is 20.2 Å². The summed E-state index contributed by atoms with van der Waals surface area (Å²) in [5.74, 6) is 0. The van der Waals surface area contributed by atoms with Crippen LogP contribution in [-0.4, -0.2) is 25.5 Å². The van der Waals surface area contributed by atoms with Crippen LogP contribution in [0, 0.1) is 0 Å². The highest BCUT2D eigenvalue weighted by atomic mass is 79.9. The van der Waals surface area contributed by atoms with E-state index in [1.165, 1.54) is 0 Å². The van der Waals surface area contributed by atoms with Gasteiger partial charge >= 0.3 is 0 Å². The predicted molar refractivity (Wildman–Crippen MR) is 53.1 cm³/mol. The maximum atomic E-state index is 4.72. The third-order valence-electron chi connectivity index (χ3n) is 1.76. The van der Waals surface area contributed by atoms with Gasteiger partial charge in [0.15, 0.2) is 0 Å². The number of rotatable bonds is 4. The largest absolute Gasteiger partial charge is 0.364 e. The van der Waals surface area contributed by atoms with Crippen LogP contribution in [0.3, 0.4) is 0 Å². The van der Waals surface area contributed by atoms with Crippen molar-refractivity contribution in [1.29, 1.82) is 0 Å². The molecule has 2 aromatic rings. The van der Waals surface area contributed by atoms with E-state index in [-0.39, 0.29) is 0 Å². The van der Waals surface area contributed by atoms with Crippen molar-refractivity contribution in [2.75, 3.05) is 5.33 Å². The zero-order valence-corrected chi connectivity index (χ0v) is 9.01. The van der Waals surface area contributed by atoms with Gasteiger partial charge in [0.1, 0.15) is 6.26 Å². The third-order valence-corrected chi connectivity index (χ3v) is 2.16. The number of nitrogens with zero attached hydrogens (tertiary/aromatic N) is 4. The molecule has 0 fully saturated rings. The minimum Gasteiger partial charge on any atom is -0.364 e. The van der Waals surface area contributed by atoms with E-state index in [2.05, 4.69) is 31.4 Å². The van der Waals surface area contributed by atoms with Crippen LogP contribution in [-0.2, 0) is 13.0 Å². The summed E-state index contributed by atoms with van der Waals surface area (Å²) in [5, 5.41) is 12.5. The Morgan fingerprint density at radius 1 is 1.50 bits per heavy atom. The maximum Gasteiger partial charge on any atom is 0.128 e. The second kappa shape index (κ2) is 4.36. The molecule has 0 amide bonds. The summed E-state index contributed by atoms with van der Waals surface area (Å²) in [6, 6.07) is 0. The standard InChI is InChI=1S/C8H9BrN4O/c9-2-1-8-5-13(12-11-8)4-7-3-10-14-6-7/h3,5-6H,1-2,4H2. The summed E-state index contributed by atoms with van der Waals surface area (Å²) >= 11 is 3.35. The minimum atomic E-state index is 0.652. The predicted octanol–water partition coefficient (Wildman–Crippen LogP) is 1.25. The molecular formula is C8H9BrN4O. The zero-order chi connectivity index (χ0) is 9.80. The molecule has 0 aliphatic rings. The Kier molecular flexibility index (Phi) is 2.93. The smallest absolute Gasteiger partial charge is 0.128 e. The van der Waals surface area contributed by atoms with E-state index in [1.807, 2.05) is 6.20 Å². The quantitative estimate of drug-likeness (QED) is 0.773. The topological polar surface area (TPSA) is 56.7 Å². The Morgan fingerprint density at radius 3 is 3.14 bits per heavy atom. The summed E-state index contributed by atoms with van der Waals surface area (Å²) in [7, 11) is 0. The maximum absolute atomic E-state index is 4.72. The van der Waals surface area contributed by atoms with Crippen molar-refractivity contribution < 1.29 is 4.52 Å². The van der Waals surface area contributed by atoms with Crippen molar-refractivity contribution >= 4 is 15.9 Å². The molecule has 0 aromatic carbocycles. The van der Waals surface area contributed by atoms with Gasteiger partial charge in [-0.15, -0.1) is 5.10 Å². The van der Waals surface area contributed by atoms with Gasteiger partial charge in [-0.25, -0.2) is 4.68 Å². The van der Waals surface area contributed by atoms with E-state index < -0.39 is 0 Å². The van der Waals surface area contributed by atoms with Gasteiger partial charge in [-0.1, -0.05) is 26.3 Å². The Balaban J connectivity index is 2.03. The van der Waals surface area contributed by atoms with Crippen molar-refractivity contribution in [3.05, 3.63) is 29.9 Å². The highest BCUT2D eigenvalue weighted by molar-refractivity contribution is 9.09. The number of aromatic nitrogens is 4. The minimum absolute atomic E-state index is 0.652. The number of halogens is 1. The van der Waals surface area contributed by atoms with Crippen LogP contribution >= 0.6 is 15.9 Å². The lowest BCUT2D eigenvalue weighted by Crippen LogP contribution is -1.98. The molecule has 0 saturated heterocycles. The molecule has 0 saturated carbocycles. The van der Waals surface area contributed by atoms with Gasteiger partial charge in [-0.05, 0) is 0 Å². The first kappa shape index (κ1) is 9.39. The Morgan fingerprint density at radius 2 is 2.43 bits per heavy atom. The van der Waals surface area contributed by atoms with E-state index in [9.17, 15) is 0 Å². The Bertz CT molecular complexity index is 384. The number of hydrogen-bond acceptors (Lipinski definition) is 4. The summed E-state index contributed by atoms with van der Waals surface area (Å²) in [5.41, 5.74) is 1.97. The summed E-state index contributed by atoms with van der Waals surface area (Å²) in [6.45, 7) is 0.652. The first-order chi connectivity index (χ1) is 6.88. The zero-order valence-electron chi connectivity index (χ0n) is 7.43. The molecule has 2 rings (SSSR count). The number of aryl methyl sites for hydroxylation is 1. The monoisotopic (exact) mass is 256 g/mol. The van der Waals surface area contributed by atoms with Gasteiger partial charge in [0, 0.05) is 23.5 Å². The van der Waals surface area contributed by atoms with E-state index in [4.69, 9.17) is 4.52 Å². The van der Waals surface area contributed by atoms with Gasteiger partial charge in [0.2, 0.25) is 0 Å². The van der Waals surface area contributed by atoms with Crippen molar-refractivity contribution in [3.8, 4) is 0 Å². The van der Waals surface area contributed by atoms with Gasteiger partial charge in [-0.3, -0.25) is 0 Å². The molecule has 0 atom stereocenters. The summed E-state index contributed by atoms with van der Waals surface area (Å²) < 4.78 is 6.49. The van der Waals surface area contributed by atoms with Crippen LogP contribution in [0.4, 0.5) is 0 Å². The van der Waals surface area contributed by atoms with Crippen LogP contribution in [0.15, 0.2) is 23.2 Å². The first-order valence-corrected chi connectivity index (χ1v) is 5.34. The van der Waals surface area contributed by atoms with Crippen molar-refractivity contribution in [3.63, 3.8) is 0 Å². The van der Waals surface area contributed by atoms with Crippen LogP contribution in [0.5, 0.6) is 0 Å². The summed E-state index contributed by atoms with van der Waals surface area (Å²) in [6.07, 6.45) is 6.09. The van der Waals surface area contributed by atoms with E-state index in [0.717, 1.165) is 23.0 Å². The van der Waals surface area contributed by atoms with Crippen LogP contribution in [0.2, 0.25) is 0 Å². The highest BCUT2D eigenvalue weighted by Crippen LogP contribution is 2.02. The van der Waals surface area contributed by atoms with Gasteiger partial charge in [0.25, 0.3) is 0 Å². The molecule has 0 aliphatic carbocycles. The number of hydrogen-bond donors (Lipinski definition) is 0. The molecule has 2 aromatic heterocycles. The molecule has 2 heterocycles. The lowest BCUT2D eigenvalue weighted by atomic mass is 10.3. The fourth-order valence-corrected chi connectivity index (χ4v) is 1.53. The summed E-state index contributed by atoms with van der Waals surface area (Å²) in [4.78, 5) is 0. The number of alkyl halides is 1. The normalized spacial score (nSPS) is 10.6. The fraction of sp³-hybridized carbons (Fsp3) is 0.375. The molecule has 5 nitrogen and oxygen atoms in total. The van der Waals surface area contributed by atoms with E-state index in [0.29, 0.717) is 6.54 Å². The van der Waals surface area contributed by atoms with Gasteiger partial charge < -0.3 is 4.52 Å². The molecule has 74 valence electrons. The van der Waals surface area contributed by atoms with Crippen molar-refractivity contribution in [2.45, 2.75) is 13.0 Å². The molecule has 14 heavy (non-hydrogen) atoms. The average Bonchev–Trinajstić information content (AvgIpc) is 2.79. The highest BCUT2D eigenvalue weighted by Gasteiger charge is 2.01. The molecule has 0 aliphatic heterocycles. The molecular weight excluding hydrogens is 248 g/mol. The second-order valence-corrected chi connectivity index (χ2v) is 3.67. The Labute approximate surface area is 89.2 Å². The SMILES string of the molecule is BrCCc1cn(Cc2cnoc2)nn1. The molecule has 0 spiro atoms. The van der Waals surface area contributed by atoms with Crippen molar-refractivity contribution in [2.24, 2.45) is 0 Å². The fourth-order valence-electron chi connectivity index (χ4n) is 1.12. The lowest BCUT2D eigenvalue weighted by molar-refractivity contribution is 0.418. The average molecular weight is 257 g/mol. The van der Waals surface area contributed by atoms with Crippen LogP contribution in [0.1, 0.15) is 11.3 Å². The third kappa shape index (κ3) is 2.20. The Hall–Kier alpha value is -1.17. The van der Waals surface area contributed by atoms with Gasteiger partial charge in [0.05, 0.1) is 18.4 Å². The van der Waals surface area contributed by atoms with E-state index in [1.54, 1.807) is 17.1 Å². The lowest BCUT2D eigenvalue weighted by Gasteiger charge is -1.93. The molecule has 6 heteroatoms. The molecule has 0 radical (unpaired) electrons. The molecule has 0 N–H and O–H groups in total.